The molecule has 0 saturated carbocycles. The van der Waals surface area contributed by atoms with Gasteiger partial charge in [-0.2, -0.15) is 0 Å². The maximum atomic E-state index is 12.6. The van der Waals surface area contributed by atoms with E-state index in [9.17, 15) is 9.59 Å². The molecule has 2 amide bonds. The van der Waals surface area contributed by atoms with Gasteiger partial charge in [-0.1, -0.05) is 48.0 Å². The number of carbonyl (C=O) groups excluding carboxylic acids is 2. The van der Waals surface area contributed by atoms with Crippen LogP contribution < -0.4 is 10.6 Å². The average Bonchev–Trinajstić information content (AvgIpc) is 2.78. The van der Waals surface area contributed by atoms with Gasteiger partial charge in [0.15, 0.2) is 0 Å². The monoisotopic (exact) mass is 423 g/mol. The van der Waals surface area contributed by atoms with E-state index >= 15 is 0 Å². The van der Waals surface area contributed by atoms with Crippen LogP contribution in [0.25, 0.3) is 10.8 Å². The van der Waals surface area contributed by atoms with E-state index in [0.29, 0.717) is 42.6 Å². The van der Waals surface area contributed by atoms with E-state index in [4.69, 9.17) is 16.3 Å². The van der Waals surface area contributed by atoms with Gasteiger partial charge < -0.3 is 20.3 Å². The Balaban J connectivity index is 1.38. The van der Waals surface area contributed by atoms with Crippen molar-refractivity contribution in [3.05, 3.63) is 71.2 Å². The van der Waals surface area contributed by atoms with Gasteiger partial charge in [0.05, 0.1) is 30.3 Å². The van der Waals surface area contributed by atoms with Crippen molar-refractivity contribution in [3.63, 3.8) is 0 Å². The Kier molecular flexibility index (Phi) is 6.16. The molecule has 1 heterocycles. The molecule has 6 nitrogen and oxygen atoms in total. The van der Waals surface area contributed by atoms with Crippen LogP contribution in [0.15, 0.2) is 60.7 Å². The largest absolute Gasteiger partial charge is 0.378 e. The molecule has 154 valence electrons. The quantitative estimate of drug-likeness (QED) is 0.650. The molecule has 2 N–H and O–H groups in total. The van der Waals surface area contributed by atoms with Crippen LogP contribution in [0.3, 0.4) is 0 Å². The van der Waals surface area contributed by atoms with Crippen molar-refractivity contribution in [2.45, 2.75) is 0 Å². The lowest BCUT2D eigenvalue weighted by Crippen LogP contribution is -2.40. The molecule has 1 saturated heterocycles. The second kappa shape index (κ2) is 9.15. The first-order chi connectivity index (χ1) is 14.6. The lowest BCUT2D eigenvalue weighted by atomic mass is 10.1. The number of amides is 2. The summed E-state index contributed by atoms with van der Waals surface area (Å²) in [6.45, 7) is 2.27. The number of hydrogen-bond acceptors (Lipinski definition) is 4. The summed E-state index contributed by atoms with van der Waals surface area (Å²) in [5.74, 6) is -0.278. The molecule has 1 fully saturated rings. The van der Waals surface area contributed by atoms with Crippen LogP contribution in [0.2, 0.25) is 5.02 Å². The van der Waals surface area contributed by atoms with Crippen LogP contribution in [-0.4, -0.2) is 49.6 Å². The van der Waals surface area contributed by atoms with Crippen LogP contribution >= 0.6 is 11.6 Å². The predicted molar refractivity (Wildman–Crippen MR) is 119 cm³/mol. The van der Waals surface area contributed by atoms with Gasteiger partial charge in [0.2, 0.25) is 5.91 Å². The molecule has 1 aliphatic heterocycles. The zero-order chi connectivity index (χ0) is 20.9. The van der Waals surface area contributed by atoms with Gasteiger partial charge in [-0.3, -0.25) is 9.59 Å². The normalized spacial score (nSPS) is 13.8. The molecule has 7 heteroatoms. The van der Waals surface area contributed by atoms with Crippen LogP contribution in [0.5, 0.6) is 0 Å². The number of morpholine rings is 1. The van der Waals surface area contributed by atoms with Gasteiger partial charge in [0.25, 0.3) is 5.91 Å². The molecule has 0 spiro atoms. The zero-order valence-electron chi connectivity index (χ0n) is 16.4. The first kappa shape index (κ1) is 20.2. The zero-order valence-corrected chi connectivity index (χ0v) is 17.1. The van der Waals surface area contributed by atoms with Crippen molar-refractivity contribution in [1.29, 1.82) is 0 Å². The molecule has 0 aliphatic carbocycles. The van der Waals surface area contributed by atoms with Gasteiger partial charge in [-0.15, -0.1) is 0 Å². The van der Waals surface area contributed by atoms with Crippen LogP contribution in [0.4, 0.5) is 11.4 Å². The molecule has 1 aliphatic rings. The highest BCUT2D eigenvalue weighted by atomic mass is 35.5. The number of nitrogens with one attached hydrogen (secondary N) is 2. The van der Waals surface area contributed by atoms with Crippen molar-refractivity contribution in [1.82, 2.24) is 4.90 Å². The predicted octanol–water partition coefficient (Wildman–Crippen LogP) is 4.02. The summed E-state index contributed by atoms with van der Waals surface area (Å²) in [5.41, 5.74) is 1.89. The van der Waals surface area contributed by atoms with Gasteiger partial charge in [-0.05, 0) is 29.7 Å². The van der Waals surface area contributed by atoms with Crippen molar-refractivity contribution >= 4 is 45.6 Å². The number of benzene rings is 3. The lowest BCUT2D eigenvalue weighted by Gasteiger charge is -2.27. The van der Waals surface area contributed by atoms with Crippen molar-refractivity contribution in [2.75, 3.05) is 43.5 Å². The summed E-state index contributed by atoms with van der Waals surface area (Å²) >= 11 is 6.33. The topological polar surface area (TPSA) is 70.7 Å². The molecule has 30 heavy (non-hydrogen) atoms. The van der Waals surface area contributed by atoms with E-state index < -0.39 is 0 Å². The minimum atomic E-state index is -0.170. The number of ether oxygens (including phenoxy) is 1. The number of nitrogens with zero attached hydrogens (tertiary/aromatic N) is 1. The van der Waals surface area contributed by atoms with E-state index in [1.165, 1.54) is 0 Å². The molecule has 3 aromatic carbocycles. The third-order valence-corrected chi connectivity index (χ3v) is 5.33. The maximum Gasteiger partial charge on any atom is 0.255 e. The van der Waals surface area contributed by atoms with E-state index in [2.05, 4.69) is 10.6 Å². The smallest absolute Gasteiger partial charge is 0.255 e. The maximum absolute atomic E-state index is 12.6. The highest BCUT2D eigenvalue weighted by Crippen LogP contribution is 2.24. The van der Waals surface area contributed by atoms with Gasteiger partial charge >= 0.3 is 0 Å². The first-order valence-electron chi connectivity index (χ1n) is 9.80. The van der Waals surface area contributed by atoms with Gasteiger partial charge in [0.1, 0.15) is 0 Å². The number of hydrogen-bond donors (Lipinski definition) is 2. The Morgan fingerprint density at radius 1 is 1.00 bits per heavy atom. The van der Waals surface area contributed by atoms with Gasteiger partial charge in [-0.25, -0.2) is 0 Å². The molecule has 0 unspecified atom stereocenters. The first-order valence-corrected chi connectivity index (χ1v) is 10.2. The summed E-state index contributed by atoms with van der Waals surface area (Å²) in [4.78, 5) is 26.8. The van der Waals surface area contributed by atoms with Crippen LogP contribution in [0, 0.1) is 0 Å². The lowest BCUT2D eigenvalue weighted by molar-refractivity contribution is -0.114. The Morgan fingerprint density at radius 3 is 2.57 bits per heavy atom. The summed E-state index contributed by atoms with van der Waals surface area (Å²) in [7, 11) is 0. The number of fused-ring (bicyclic) bond motifs is 1. The average molecular weight is 424 g/mol. The molecule has 0 bridgehead atoms. The molecular formula is C23H22ClN3O3. The molecule has 4 rings (SSSR count). The minimum Gasteiger partial charge on any atom is -0.378 e. The Labute approximate surface area is 179 Å². The van der Waals surface area contributed by atoms with Crippen molar-refractivity contribution in [2.24, 2.45) is 0 Å². The highest BCUT2D eigenvalue weighted by Gasteiger charge is 2.20. The summed E-state index contributed by atoms with van der Waals surface area (Å²) in [6, 6.07) is 18.8. The third kappa shape index (κ3) is 4.56. The molecule has 0 radical (unpaired) electrons. The van der Waals surface area contributed by atoms with E-state index in [1.54, 1.807) is 23.1 Å². The highest BCUT2D eigenvalue weighted by molar-refractivity contribution is 6.34. The van der Waals surface area contributed by atoms with E-state index in [1.807, 2.05) is 42.5 Å². The Morgan fingerprint density at radius 2 is 1.77 bits per heavy atom. The third-order valence-electron chi connectivity index (χ3n) is 5.01. The second-order valence-electron chi connectivity index (χ2n) is 7.03. The minimum absolute atomic E-state index is 0.0797. The molecule has 0 aromatic heterocycles. The van der Waals surface area contributed by atoms with Gasteiger partial charge in [0, 0.05) is 29.9 Å². The molecule has 0 atom stereocenters. The van der Waals surface area contributed by atoms with Crippen molar-refractivity contribution < 1.29 is 14.3 Å². The molecular weight excluding hydrogens is 402 g/mol. The number of carbonyl (C=O) groups is 2. The summed E-state index contributed by atoms with van der Waals surface area (Å²) in [6.07, 6.45) is 0. The van der Waals surface area contributed by atoms with Crippen LogP contribution in [-0.2, 0) is 9.53 Å². The fourth-order valence-electron chi connectivity index (χ4n) is 3.45. The number of rotatable bonds is 5. The Bertz CT molecular complexity index is 1070. The standard InChI is InChI=1S/C23H22ClN3O3/c24-20-14-17(8-9-19(20)23(29)27-10-12-30-13-11-27)25-15-22(28)26-21-7-3-5-16-4-1-2-6-18(16)21/h1-9,14,25H,10-13,15H2,(H,26,28). The summed E-state index contributed by atoms with van der Waals surface area (Å²) in [5, 5.41) is 8.40. The SMILES string of the molecule is O=C(CNc1ccc(C(=O)N2CCOCC2)c(Cl)c1)Nc1cccc2ccccc12. The second-order valence-corrected chi connectivity index (χ2v) is 7.43. The summed E-state index contributed by atoms with van der Waals surface area (Å²) < 4.78 is 5.28. The fraction of sp³-hybridized carbons (Fsp3) is 0.217. The Hall–Kier alpha value is -3.09. The number of anilines is 2. The van der Waals surface area contributed by atoms with Crippen LogP contribution in [0.1, 0.15) is 10.4 Å². The number of halogens is 1. The van der Waals surface area contributed by atoms with E-state index in [0.717, 1.165) is 16.5 Å². The van der Waals surface area contributed by atoms with E-state index in [-0.39, 0.29) is 18.4 Å². The fourth-order valence-corrected chi connectivity index (χ4v) is 3.71. The van der Waals surface area contributed by atoms with Crippen molar-refractivity contribution in [3.8, 4) is 0 Å². The molecule has 3 aromatic rings.